The highest BCUT2D eigenvalue weighted by molar-refractivity contribution is 5.25. The monoisotopic (exact) mass is 200 g/mol. The molecule has 78 valence electrons. The van der Waals surface area contributed by atoms with Gasteiger partial charge in [-0.25, -0.2) is 0 Å². The second-order valence-corrected chi connectivity index (χ2v) is 4.56. The van der Waals surface area contributed by atoms with Crippen molar-refractivity contribution in [1.29, 1.82) is 5.26 Å². The lowest BCUT2D eigenvalue weighted by molar-refractivity contribution is 0.380. The van der Waals surface area contributed by atoms with Crippen molar-refractivity contribution in [3.05, 3.63) is 36.6 Å². The highest BCUT2D eigenvalue weighted by atomic mass is 15.2. The summed E-state index contributed by atoms with van der Waals surface area (Å²) >= 11 is 0. The Labute approximate surface area is 91.2 Å². The maximum atomic E-state index is 8.80. The number of fused-ring (bicyclic) bond motifs is 1. The van der Waals surface area contributed by atoms with Gasteiger partial charge in [0, 0.05) is 18.8 Å². The molecule has 1 saturated carbocycles. The zero-order valence-corrected chi connectivity index (χ0v) is 9.11. The highest BCUT2D eigenvalue weighted by Gasteiger charge is 2.56. The molecule has 2 aliphatic rings. The van der Waals surface area contributed by atoms with Crippen LogP contribution in [0, 0.1) is 29.1 Å². The summed E-state index contributed by atoms with van der Waals surface area (Å²) in [5.41, 5.74) is 2.08. The van der Waals surface area contributed by atoms with Crippen LogP contribution < -0.4 is 0 Å². The van der Waals surface area contributed by atoms with Crippen LogP contribution in [0.15, 0.2) is 36.6 Å². The number of likely N-dealkylation sites (tertiary alicyclic amines) is 1. The molecule has 15 heavy (non-hydrogen) atoms. The number of hydrogen-bond donors (Lipinski definition) is 0. The van der Waals surface area contributed by atoms with Crippen molar-refractivity contribution in [2.75, 3.05) is 13.1 Å². The van der Waals surface area contributed by atoms with Gasteiger partial charge in [-0.05, 0) is 24.8 Å². The number of allylic oxidation sites excluding steroid dienone is 3. The first kappa shape index (κ1) is 10.0. The summed E-state index contributed by atoms with van der Waals surface area (Å²) in [6, 6.07) is 2.36. The SMILES string of the molecule is C=C(C)/C=C\C(=C)N1CC2C(C#N)C2C1. The van der Waals surface area contributed by atoms with E-state index in [1.165, 1.54) is 0 Å². The van der Waals surface area contributed by atoms with Crippen LogP contribution in [0.2, 0.25) is 0 Å². The third-order valence-corrected chi connectivity index (χ3v) is 3.31. The van der Waals surface area contributed by atoms with Gasteiger partial charge in [-0.3, -0.25) is 0 Å². The van der Waals surface area contributed by atoms with Crippen LogP contribution in [-0.2, 0) is 0 Å². The molecule has 0 aromatic carbocycles. The Morgan fingerprint density at radius 2 is 1.93 bits per heavy atom. The van der Waals surface area contributed by atoms with E-state index in [-0.39, 0.29) is 0 Å². The normalized spacial score (nSPS) is 32.5. The van der Waals surface area contributed by atoms with Gasteiger partial charge in [0.1, 0.15) is 0 Å². The van der Waals surface area contributed by atoms with Crippen LogP contribution in [0.3, 0.4) is 0 Å². The van der Waals surface area contributed by atoms with E-state index in [1.54, 1.807) is 0 Å². The Morgan fingerprint density at radius 3 is 2.40 bits per heavy atom. The summed E-state index contributed by atoms with van der Waals surface area (Å²) in [6.45, 7) is 11.8. The molecule has 0 aromatic heterocycles. The van der Waals surface area contributed by atoms with Crippen molar-refractivity contribution < 1.29 is 0 Å². The predicted octanol–water partition coefficient (Wildman–Crippen LogP) is 2.33. The molecule has 1 aliphatic heterocycles. The van der Waals surface area contributed by atoms with Crippen LogP contribution in [0.5, 0.6) is 0 Å². The van der Waals surface area contributed by atoms with Gasteiger partial charge in [0.25, 0.3) is 0 Å². The first-order chi connectivity index (χ1) is 7.13. The van der Waals surface area contributed by atoms with Crippen molar-refractivity contribution in [3.8, 4) is 6.07 Å². The number of nitrogens with zero attached hydrogens (tertiary/aromatic N) is 2. The lowest BCUT2D eigenvalue weighted by Crippen LogP contribution is -2.22. The number of nitriles is 1. The Bertz CT molecular complexity index is 360. The van der Waals surface area contributed by atoms with E-state index in [0.717, 1.165) is 24.4 Å². The minimum atomic E-state index is 0.319. The number of rotatable bonds is 3. The summed E-state index contributed by atoms with van der Waals surface area (Å²) < 4.78 is 0. The van der Waals surface area contributed by atoms with E-state index in [1.807, 2.05) is 19.1 Å². The van der Waals surface area contributed by atoms with Gasteiger partial charge in [-0.15, -0.1) is 0 Å². The average Bonchev–Trinajstić information content (AvgIpc) is 2.66. The summed E-state index contributed by atoms with van der Waals surface area (Å²) in [7, 11) is 0. The fraction of sp³-hybridized carbons (Fsp3) is 0.462. The van der Waals surface area contributed by atoms with Crippen molar-refractivity contribution >= 4 is 0 Å². The molecular weight excluding hydrogens is 184 g/mol. The quantitative estimate of drug-likeness (QED) is 0.654. The molecular formula is C13H16N2. The molecule has 2 nitrogen and oxygen atoms in total. The lowest BCUT2D eigenvalue weighted by atomic mass is 10.2. The summed E-state index contributed by atoms with van der Waals surface area (Å²) in [5, 5.41) is 8.80. The van der Waals surface area contributed by atoms with Crippen LogP contribution in [0.4, 0.5) is 0 Å². The molecule has 0 N–H and O–H groups in total. The van der Waals surface area contributed by atoms with E-state index in [2.05, 4.69) is 24.1 Å². The maximum Gasteiger partial charge on any atom is 0.0663 e. The first-order valence-electron chi connectivity index (χ1n) is 5.30. The van der Waals surface area contributed by atoms with Gasteiger partial charge in [0.2, 0.25) is 0 Å². The average molecular weight is 200 g/mol. The second-order valence-electron chi connectivity index (χ2n) is 4.56. The van der Waals surface area contributed by atoms with Crippen LogP contribution in [0.1, 0.15) is 6.92 Å². The van der Waals surface area contributed by atoms with Crippen molar-refractivity contribution in [2.24, 2.45) is 17.8 Å². The zero-order valence-electron chi connectivity index (χ0n) is 9.11. The van der Waals surface area contributed by atoms with E-state index in [9.17, 15) is 0 Å². The van der Waals surface area contributed by atoms with Gasteiger partial charge in [0.15, 0.2) is 0 Å². The molecule has 0 spiro atoms. The molecule has 0 radical (unpaired) electrons. The molecule has 1 aliphatic carbocycles. The summed E-state index contributed by atoms with van der Waals surface area (Å²) in [4.78, 5) is 2.27. The molecule has 2 fully saturated rings. The molecule has 1 saturated heterocycles. The van der Waals surface area contributed by atoms with Crippen molar-refractivity contribution in [1.82, 2.24) is 4.90 Å². The molecule has 2 rings (SSSR count). The van der Waals surface area contributed by atoms with E-state index in [4.69, 9.17) is 5.26 Å². The zero-order chi connectivity index (χ0) is 11.0. The van der Waals surface area contributed by atoms with Gasteiger partial charge < -0.3 is 4.90 Å². The van der Waals surface area contributed by atoms with E-state index < -0.39 is 0 Å². The largest absolute Gasteiger partial charge is 0.371 e. The third kappa shape index (κ3) is 1.83. The third-order valence-electron chi connectivity index (χ3n) is 3.31. The molecule has 1 heterocycles. The molecule has 2 unspecified atom stereocenters. The van der Waals surface area contributed by atoms with Crippen LogP contribution >= 0.6 is 0 Å². The number of piperidine rings is 1. The van der Waals surface area contributed by atoms with Gasteiger partial charge in [-0.2, -0.15) is 5.26 Å². The first-order valence-corrected chi connectivity index (χ1v) is 5.30. The maximum absolute atomic E-state index is 8.80. The summed E-state index contributed by atoms with van der Waals surface area (Å²) in [6.07, 6.45) is 3.99. The lowest BCUT2D eigenvalue weighted by Gasteiger charge is -2.20. The van der Waals surface area contributed by atoms with E-state index >= 15 is 0 Å². The Morgan fingerprint density at radius 1 is 1.33 bits per heavy atom. The van der Waals surface area contributed by atoms with Gasteiger partial charge >= 0.3 is 0 Å². The molecule has 0 amide bonds. The van der Waals surface area contributed by atoms with Crippen LogP contribution in [-0.4, -0.2) is 18.0 Å². The Balaban J connectivity index is 1.87. The van der Waals surface area contributed by atoms with E-state index in [0.29, 0.717) is 17.8 Å². The minimum absolute atomic E-state index is 0.319. The van der Waals surface area contributed by atoms with Gasteiger partial charge in [0.05, 0.1) is 12.0 Å². The second kappa shape index (κ2) is 3.58. The summed E-state index contributed by atoms with van der Waals surface area (Å²) in [5.74, 6) is 1.52. The predicted molar refractivity (Wildman–Crippen MR) is 60.8 cm³/mol. The smallest absolute Gasteiger partial charge is 0.0663 e. The topological polar surface area (TPSA) is 27.0 Å². The van der Waals surface area contributed by atoms with Gasteiger partial charge in [-0.1, -0.05) is 24.8 Å². The molecule has 2 heteroatoms. The fourth-order valence-electron chi connectivity index (χ4n) is 2.30. The Hall–Kier alpha value is -1.49. The standard InChI is InChI=1S/C13H16N2/c1-9(2)4-5-10(3)15-7-12-11(6-14)13(12)8-15/h4-5,11-13H,1,3,7-8H2,2H3/b5-4-. The fourth-order valence-corrected chi connectivity index (χ4v) is 2.30. The Kier molecular flexibility index (Phi) is 2.40. The van der Waals surface area contributed by atoms with Crippen molar-refractivity contribution in [3.63, 3.8) is 0 Å². The highest BCUT2D eigenvalue weighted by Crippen LogP contribution is 2.51. The molecule has 2 atom stereocenters. The molecule has 0 bridgehead atoms. The molecule has 0 aromatic rings. The van der Waals surface area contributed by atoms with Crippen LogP contribution in [0.25, 0.3) is 0 Å². The number of hydrogen-bond acceptors (Lipinski definition) is 2. The minimum Gasteiger partial charge on any atom is -0.371 e. The van der Waals surface area contributed by atoms with Crippen molar-refractivity contribution in [2.45, 2.75) is 6.92 Å².